The topological polar surface area (TPSA) is 62.1 Å². The molecule has 3 saturated carbocycles. The molecular weight excluding hydrogens is 308 g/mol. The first-order valence-corrected chi connectivity index (χ1v) is 11.3. The van der Waals surface area contributed by atoms with E-state index in [4.69, 9.17) is 5.73 Å². The van der Waals surface area contributed by atoms with Gasteiger partial charge < -0.3 is 5.32 Å². The van der Waals surface area contributed by atoms with Gasteiger partial charge in [0.1, 0.15) is 5.79 Å². The Morgan fingerprint density at radius 3 is 1.40 bits per heavy atom. The van der Waals surface area contributed by atoms with Gasteiger partial charge in [-0.3, -0.25) is 16.4 Å². The zero-order chi connectivity index (χ0) is 17.5. The summed E-state index contributed by atoms with van der Waals surface area (Å²) in [4.78, 5) is 0. The van der Waals surface area contributed by atoms with Gasteiger partial charge in [0.05, 0.1) is 0 Å². The molecule has 3 aliphatic rings. The highest BCUT2D eigenvalue weighted by atomic mass is 15.4. The molecular formula is C21H42N4. The van der Waals surface area contributed by atoms with Gasteiger partial charge in [-0.15, -0.1) is 0 Å². The van der Waals surface area contributed by atoms with E-state index in [0.717, 1.165) is 0 Å². The molecule has 1 atom stereocenters. The van der Waals surface area contributed by atoms with Crippen molar-refractivity contribution in [1.29, 1.82) is 0 Å². The Kier molecular flexibility index (Phi) is 7.59. The fourth-order valence-electron chi connectivity index (χ4n) is 5.22. The SMILES string of the molecule is CC(NC1CCCCC1)C(N)(NC1CCCCC1)NC1CCCCC1. The smallest absolute Gasteiger partial charge is 0.137 e. The van der Waals surface area contributed by atoms with E-state index in [1.807, 2.05) is 0 Å². The third kappa shape index (κ3) is 5.92. The van der Waals surface area contributed by atoms with Crippen molar-refractivity contribution in [2.45, 2.75) is 133 Å². The van der Waals surface area contributed by atoms with Crippen LogP contribution in [0.25, 0.3) is 0 Å². The lowest BCUT2D eigenvalue weighted by molar-refractivity contribution is 0.121. The van der Waals surface area contributed by atoms with Gasteiger partial charge in [0.25, 0.3) is 0 Å². The van der Waals surface area contributed by atoms with Gasteiger partial charge in [0.15, 0.2) is 0 Å². The molecule has 5 N–H and O–H groups in total. The second-order valence-corrected chi connectivity index (χ2v) is 9.05. The minimum absolute atomic E-state index is 0.249. The monoisotopic (exact) mass is 350 g/mol. The summed E-state index contributed by atoms with van der Waals surface area (Å²) in [6, 6.07) is 2.04. The molecule has 0 bridgehead atoms. The number of hydrogen-bond acceptors (Lipinski definition) is 4. The Morgan fingerprint density at radius 1 is 0.640 bits per heavy atom. The fraction of sp³-hybridized carbons (Fsp3) is 1.00. The second kappa shape index (κ2) is 9.68. The summed E-state index contributed by atoms with van der Waals surface area (Å²) in [7, 11) is 0. The van der Waals surface area contributed by atoms with Crippen molar-refractivity contribution < 1.29 is 0 Å². The van der Waals surface area contributed by atoms with E-state index >= 15 is 0 Å². The maximum Gasteiger partial charge on any atom is 0.137 e. The van der Waals surface area contributed by atoms with E-state index in [1.165, 1.54) is 96.3 Å². The standard InChI is InChI=1S/C21H42N4/c1-17(23-18-11-5-2-6-12-18)21(22,24-19-13-7-3-8-14-19)25-20-15-9-4-10-16-20/h17-20,23-25H,2-16,22H2,1H3. The summed E-state index contributed by atoms with van der Waals surface area (Å²) in [6.45, 7) is 2.29. The molecule has 146 valence electrons. The lowest BCUT2D eigenvalue weighted by Crippen LogP contribution is -2.77. The van der Waals surface area contributed by atoms with Crippen LogP contribution < -0.4 is 21.7 Å². The lowest BCUT2D eigenvalue weighted by Gasteiger charge is -2.45. The van der Waals surface area contributed by atoms with Gasteiger partial charge in [-0.1, -0.05) is 57.8 Å². The predicted octanol–water partition coefficient (Wildman–Crippen LogP) is 3.75. The van der Waals surface area contributed by atoms with Crippen molar-refractivity contribution in [1.82, 2.24) is 16.0 Å². The molecule has 0 radical (unpaired) electrons. The normalized spacial score (nSPS) is 26.6. The quantitative estimate of drug-likeness (QED) is 0.528. The molecule has 0 aromatic rings. The number of hydrogen-bond donors (Lipinski definition) is 4. The Balaban J connectivity index is 1.62. The zero-order valence-electron chi connectivity index (χ0n) is 16.5. The van der Waals surface area contributed by atoms with Crippen molar-refractivity contribution in [2.75, 3.05) is 0 Å². The third-order valence-corrected chi connectivity index (χ3v) is 6.87. The average molecular weight is 351 g/mol. The molecule has 0 heterocycles. The third-order valence-electron chi connectivity index (χ3n) is 6.87. The summed E-state index contributed by atoms with van der Waals surface area (Å²) in [5.41, 5.74) is 7.04. The van der Waals surface area contributed by atoms with Crippen LogP contribution in [0.2, 0.25) is 0 Å². The number of rotatable bonds is 7. The van der Waals surface area contributed by atoms with E-state index in [1.54, 1.807) is 0 Å². The molecule has 0 amide bonds. The number of nitrogens with one attached hydrogen (secondary N) is 3. The first-order valence-electron chi connectivity index (χ1n) is 11.3. The molecule has 25 heavy (non-hydrogen) atoms. The van der Waals surface area contributed by atoms with Gasteiger partial charge in [-0.25, -0.2) is 0 Å². The van der Waals surface area contributed by atoms with Crippen LogP contribution in [0.1, 0.15) is 103 Å². The summed E-state index contributed by atoms with van der Waals surface area (Å²) in [6.07, 6.45) is 20.1. The maximum atomic E-state index is 7.04. The van der Waals surface area contributed by atoms with Crippen LogP contribution in [0.5, 0.6) is 0 Å². The van der Waals surface area contributed by atoms with Crippen molar-refractivity contribution in [3.05, 3.63) is 0 Å². The highest BCUT2D eigenvalue weighted by Crippen LogP contribution is 2.24. The fourth-order valence-corrected chi connectivity index (χ4v) is 5.22. The summed E-state index contributed by atoms with van der Waals surface area (Å²) in [5, 5.41) is 11.6. The van der Waals surface area contributed by atoms with Crippen molar-refractivity contribution >= 4 is 0 Å². The molecule has 3 aliphatic carbocycles. The Bertz CT molecular complexity index is 348. The summed E-state index contributed by atoms with van der Waals surface area (Å²) < 4.78 is 0. The average Bonchev–Trinajstić information content (AvgIpc) is 2.64. The molecule has 0 aromatic heterocycles. The summed E-state index contributed by atoms with van der Waals surface area (Å²) >= 11 is 0. The molecule has 4 heteroatoms. The van der Waals surface area contributed by atoms with E-state index in [-0.39, 0.29) is 6.04 Å². The predicted molar refractivity (Wildman–Crippen MR) is 106 cm³/mol. The molecule has 0 aliphatic heterocycles. The van der Waals surface area contributed by atoms with Gasteiger partial charge in [0, 0.05) is 24.2 Å². The van der Waals surface area contributed by atoms with E-state index in [0.29, 0.717) is 18.1 Å². The number of nitrogens with two attached hydrogens (primary N) is 1. The van der Waals surface area contributed by atoms with Crippen LogP contribution in [-0.2, 0) is 0 Å². The van der Waals surface area contributed by atoms with Gasteiger partial charge in [0.2, 0.25) is 0 Å². The van der Waals surface area contributed by atoms with Crippen LogP contribution in [0.4, 0.5) is 0 Å². The van der Waals surface area contributed by atoms with Crippen LogP contribution in [-0.4, -0.2) is 30.0 Å². The first kappa shape index (κ1) is 19.6. The van der Waals surface area contributed by atoms with Crippen LogP contribution in [0.15, 0.2) is 0 Å². The van der Waals surface area contributed by atoms with E-state index in [2.05, 4.69) is 22.9 Å². The van der Waals surface area contributed by atoms with Gasteiger partial charge in [-0.2, -0.15) is 0 Å². The Labute approximate surface area is 155 Å². The van der Waals surface area contributed by atoms with Crippen molar-refractivity contribution in [2.24, 2.45) is 5.73 Å². The molecule has 0 aromatic carbocycles. The maximum absolute atomic E-state index is 7.04. The summed E-state index contributed by atoms with van der Waals surface area (Å²) in [5.74, 6) is -0.485. The van der Waals surface area contributed by atoms with Crippen molar-refractivity contribution in [3.8, 4) is 0 Å². The van der Waals surface area contributed by atoms with E-state index in [9.17, 15) is 0 Å². The Morgan fingerprint density at radius 2 is 1.00 bits per heavy atom. The van der Waals surface area contributed by atoms with Gasteiger partial charge in [-0.05, 0) is 45.4 Å². The molecule has 3 fully saturated rings. The second-order valence-electron chi connectivity index (χ2n) is 9.05. The van der Waals surface area contributed by atoms with Crippen LogP contribution in [0, 0.1) is 0 Å². The molecule has 0 saturated heterocycles. The molecule has 3 rings (SSSR count). The van der Waals surface area contributed by atoms with Gasteiger partial charge >= 0.3 is 0 Å². The van der Waals surface area contributed by atoms with E-state index < -0.39 is 5.79 Å². The minimum Gasteiger partial charge on any atom is -0.307 e. The highest BCUT2D eigenvalue weighted by Gasteiger charge is 2.37. The van der Waals surface area contributed by atoms with Crippen LogP contribution >= 0.6 is 0 Å². The molecule has 4 nitrogen and oxygen atoms in total. The largest absolute Gasteiger partial charge is 0.307 e. The van der Waals surface area contributed by atoms with Crippen molar-refractivity contribution in [3.63, 3.8) is 0 Å². The Hall–Kier alpha value is -0.160. The minimum atomic E-state index is -0.485. The highest BCUT2D eigenvalue weighted by molar-refractivity contribution is 4.96. The van der Waals surface area contributed by atoms with Crippen LogP contribution in [0.3, 0.4) is 0 Å². The lowest BCUT2D eigenvalue weighted by atomic mass is 9.91. The zero-order valence-corrected chi connectivity index (χ0v) is 16.5. The molecule has 1 unspecified atom stereocenters. The first-order chi connectivity index (χ1) is 12.2. The molecule has 0 spiro atoms.